The van der Waals surface area contributed by atoms with Crippen LogP contribution in [0.15, 0.2) is 36.7 Å². The van der Waals surface area contributed by atoms with Crippen molar-refractivity contribution in [2.75, 3.05) is 37.5 Å². The fourth-order valence-electron chi connectivity index (χ4n) is 6.38. The van der Waals surface area contributed by atoms with Crippen LogP contribution in [0, 0.1) is 5.41 Å². The first-order valence-electron chi connectivity index (χ1n) is 15.1. The summed E-state index contributed by atoms with van der Waals surface area (Å²) in [5, 5.41) is 11.6. The Labute approximate surface area is 262 Å². The predicted octanol–water partition coefficient (Wildman–Crippen LogP) is 5.83. The van der Waals surface area contributed by atoms with Crippen LogP contribution in [0.4, 0.5) is 24.8 Å². The molecule has 0 aromatic carbocycles. The summed E-state index contributed by atoms with van der Waals surface area (Å²) in [6.45, 7) is 1.20. The van der Waals surface area contributed by atoms with Gasteiger partial charge in [-0.25, -0.2) is 4.98 Å². The van der Waals surface area contributed by atoms with Gasteiger partial charge < -0.3 is 19.7 Å². The summed E-state index contributed by atoms with van der Waals surface area (Å²) in [4.78, 5) is 46.5. The Morgan fingerprint density at radius 2 is 1.89 bits per heavy atom. The lowest BCUT2D eigenvalue weighted by molar-refractivity contribution is -0.138. The molecular weight excluding hydrogens is 603 g/mol. The molecule has 4 aromatic heterocycles. The van der Waals surface area contributed by atoms with Crippen molar-refractivity contribution in [1.82, 2.24) is 24.9 Å². The highest BCUT2D eigenvalue weighted by Crippen LogP contribution is 2.46. The van der Waals surface area contributed by atoms with E-state index in [2.05, 4.69) is 30.2 Å². The molecule has 4 aromatic rings. The van der Waals surface area contributed by atoms with Crippen molar-refractivity contribution in [3.63, 3.8) is 0 Å². The van der Waals surface area contributed by atoms with Crippen LogP contribution >= 0.6 is 0 Å². The Morgan fingerprint density at radius 3 is 2.52 bits per heavy atom. The number of aromatic amines is 1. The van der Waals surface area contributed by atoms with E-state index in [9.17, 15) is 22.8 Å². The average Bonchev–Trinajstić information content (AvgIpc) is 3.62. The summed E-state index contributed by atoms with van der Waals surface area (Å²) >= 11 is 0. The SMILES string of the molecule is COCC1(CN(C)c2cc(-c3cnc(C4CC4)c(C(F)(F)F)c3)nc3nc(NC(=O)c4ccc(CC(=O)O)cn4)[nH]c23)CCCC1. The van der Waals surface area contributed by atoms with Gasteiger partial charge >= 0.3 is 12.1 Å². The van der Waals surface area contributed by atoms with E-state index in [-0.39, 0.29) is 52.0 Å². The second-order valence-electron chi connectivity index (χ2n) is 12.3. The highest BCUT2D eigenvalue weighted by molar-refractivity contribution is 6.03. The molecule has 4 heterocycles. The molecule has 1 amide bonds. The number of hydrogen-bond donors (Lipinski definition) is 3. The number of carboxylic acids is 1. The van der Waals surface area contributed by atoms with Crippen molar-refractivity contribution < 1.29 is 32.6 Å². The van der Waals surface area contributed by atoms with E-state index in [4.69, 9.17) is 9.84 Å². The lowest BCUT2D eigenvalue weighted by atomic mass is 9.86. The van der Waals surface area contributed by atoms with Gasteiger partial charge in [-0.15, -0.1) is 0 Å². The molecule has 11 nitrogen and oxygen atoms in total. The number of hydrogen-bond acceptors (Lipinski definition) is 8. The number of amides is 1. The van der Waals surface area contributed by atoms with Gasteiger partial charge in [0.05, 0.1) is 35.7 Å². The Morgan fingerprint density at radius 1 is 1.13 bits per heavy atom. The Balaban J connectivity index is 1.38. The van der Waals surface area contributed by atoms with Crippen molar-refractivity contribution in [3.05, 3.63) is 59.2 Å². The van der Waals surface area contributed by atoms with E-state index in [1.54, 1.807) is 13.2 Å². The lowest BCUT2D eigenvalue weighted by Gasteiger charge is -2.34. The zero-order chi connectivity index (χ0) is 32.6. The van der Waals surface area contributed by atoms with Crippen LogP contribution in [0.25, 0.3) is 22.4 Å². The molecule has 2 aliphatic rings. The first-order chi connectivity index (χ1) is 21.9. The number of nitrogens with zero attached hydrogens (tertiary/aromatic N) is 5. The first-order valence-corrected chi connectivity index (χ1v) is 15.1. The number of ether oxygens (including phenoxy) is 1. The van der Waals surface area contributed by atoms with Crippen molar-refractivity contribution in [1.29, 1.82) is 0 Å². The number of halogens is 3. The van der Waals surface area contributed by atoms with Crippen LogP contribution in [0.5, 0.6) is 0 Å². The summed E-state index contributed by atoms with van der Waals surface area (Å²) < 4.78 is 47.9. The number of nitrogens with one attached hydrogen (secondary N) is 2. The summed E-state index contributed by atoms with van der Waals surface area (Å²) in [5.41, 5.74) is 1.52. The topological polar surface area (TPSA) is 146 Å². The minimum absolute atomic E-state index is 0.0461. The van der Waals surface area contributed by atoms with Gasteiger partial charge in [0.1, 0.15) is 11.2 Å². The molecule has 0 aliphatic heterocycles. The predicted molar refractivity (Wildman–Crippen MR) is 164 cm³/mol. The second-order valence-corrected chi connectivity index (χ2v) is 12.3. The van der Waals surface area contributed by atoms with E-state index >= 15 is 0 Å². The van der Waals surface area contributed by atoms with Crippen LogP contribution in [-0.2, 0) is 22.1 Å². The molecule has 2 saturated carbocycles. The van der Waals surface area contributed by atoms with E-state index in [1.165, 1.54) is 24.5 Å². The zero-order valence-corrected chi connectivity index (χ0v) is 25.4. The van der Waals surface area contributed by atoms with Gasteiger partial charge in [-0.1, -0.05) is 18.9 Å². The number of carboxylic acid groups (broad SMARTS) is 1. The van der Waals surface area contributed by atoms with Crippen molar-refractivity contribution >= 4 is 34.7 Å². The molecule has 6 rings (SSSR count). The van der Waals surface area contributed by atoms with Crippen molar-refractivity contribution in [3.8, 4) is 11.3 Å². The smallest absolute Gasteiger partial charge is 0.418 e. The van der Waals surface area contributed by atoms with Gasteiger partial charge in [-0.3, -0.25) is 24.9 Å². The Bertz CT molecular complexity index is 1760. The highest BCUT2D eigenvalue weighted by Gasteiger charge is 2.40. The molecule has 0 radical (unpaired) electrons. The van der Waals surface area contributed by atoms with Crippen LogP contribution in [0.2, 0.25) is 0 Å². The van der Waals surface area contributed by atoms with E-state index < -0.39 is 23.6 Å². The van der Waals surface area contributed by atoms with Gasteiger partial charge in [0, 0.05) is 50.0 Å². The molecular formula is C32H34F3N7O4. The quantitative estimate of drug-likeness (QED) is 0.185. The van der Waals surface area contributed by atoms with Gasteiger partial charge in [0.2, 0.25) is 5.95 Å². The normalized spacial score (nSPS) is 16.1. The molecule has 2 aliphatic carbocycles. The number of carbonyl (C=O) groups is 2. The minimum atomic E-state index is -4.57. The molecule has 0 saturated heterocycles. The van der Waals surface area contributed by atoms with Crippen molar-refractivity contribution in [2.24, 2.45) is 5.41 Å². The number of carbonyl (C=O) groups excluding carboxylic acids is 1. The fraction of sp³-hybridized carbons (Fsp3) is 0.438. The number of fused-ring (bicyclic) bond motifs is 1. The largest absolute Gasteiger partial charge is 0.481 e. The molecule has 3 N–H and O–H groups in total. The zero-order valence-electron chi connectivity index (χ0n) is 25.4. The number of alkyl halides is 3. The molecule has 0 atom stereocenters. The minimum Gasteiger partial charge on any atom is -0.481 e. The van der Waals surface area contributed by atoms with Gasteiger partial charge in [-0.05, 0) is 49.4 Å². The maximum Gasteiger partial charge on any atom is 0.418 e. The summed E-state index contributed by atoms with van der Waals surface area (Å²) in [6.07, 6.45) is 3.45. The molecule has 2 fully saturated rings. The number of pyridine rings is 3. The van der Waals surface area contributed by atoms with Crippen LogP contribution < -0.4 is 10.2 Å². The third-order valence-corrected chi connectivity index (χ3v) is 8.67. The highest BCUT2D eigenvalue weighted by atomic mass is 19.4. The number of imidazole rings is 1. The third-order valence-electron chi connectivity index (χ3n) is 8.67. The van der Waals surface area contributed by atoms with Crippen LogP contribution in [0.3, 0.4) is 0 Å². The number of rotatable bonds is 11. The molecule has 0 bridgehead atoms. The van der Waals surface area contributed by atoms with Crippen LogP contribution in [0.1, 0.15) is 71.8 Å². The lowest BCUT2D eigenvalue weighted by Crippen LogP contribution is -2.37. The number of aromatic nitrogens is 5. The third kappa shape index (κ3) is 6.66. The van der Waals surface area contributed by atoms with E-state index in [1.807, 2.05) is 11.9 Å². The number of aliphatic carboxylic acids is 1. The van der Waals surface area contributed by atoms with Crippen molar-refractivity contribution in [2.45, 2.75) is 57.0 Å². The summed E-state index contributed by atoms with van der Waals surface area (Å²) in [5.74, 6) is -1.72. The van der Waals surface area contributed by atoms with Gasteiger partial charge in [0.15, 0.2) is 5.65 Å². The Kier molecular flexibility index (Phi) is 8.40. The molecule has 46 heavy (non-hydrogen) atoms. The summed E-state index contributed by atoms with van der Waals surface area (Å²) in [7, 11) is 3.59. The monoisotopic (exact) mass is 637 g/mol. The maximum absolute atomic E-state index is 14.1. The molecule has 0 unspecified atom stereocenters. The van der Waals surface area contributed by atoms with E-state index in [0.717, 1.165) is 31.7 Å². The van der Waals surface area contributed by atoms with Gasteiger partial charge in [0.25, 0.3) is 5.91 Å². The Hall–Kier alpha value is -4.59. The standard InChI is InChI=1S/C32H34F3N7O4/c1-42(16-31(17-46-2)9-3-4-10-31)24-13-23(20-12-21(32(33,34)35)26(37-15-20)19-6-7-19)38-28-27(24)39-30(40-28)41-29(45)22-8-5-18(14-36-22)11-25(43)44/h5,8,12-15,19H,3-4,6-7,9-11,16-17H2,1-2H3,(H,43,44)(H2,38,39,40,41,45). The van der Waals surface area contributed by atoms with E-state index in [0.29, 0.717) is 42.8 Å². The number of H-pyrrole nitrogens is 1. The second kappa shape index (κ2) is 12.3. The van der Waals surface area contributed by atoms with Gasteiger partial charge in [-0.2, -0.15) is 18.2 Å². The molecule has 0 spiro atoms. The number of methoxy groups -OCH3 is 1. The molecule has 14 heteroatoms. The number of anilines is 2. The maximum atomic E-state index is 14.1. The first kappa shape index (κ1) is 31.4. The summed E-state index contributed by atoms with van der Waals surface area (Å²) in [6, 6.07) is 5.75. The van der Waals surface area contributed by atoms with Crippen LogP contribution in [-0.4, -0.2) is 69.2 Å². The fourth-order valence-corrected chi connectivity index (χ4v) is 6.38. The average molecular weight is 638 g/mol. The molecule has 242 valence electrons.